The van der Waals surface area contributed by atoms with Crippen molar-refractivity contribution in [2.24, 2.45) is 5.92 Å². The number of hydrogen-bond donors (Lipinski definition) is 1. The van der Waals surface area contributed by atoms with Crippen LogP contribution < -0.4 is 0 Å². The predicted octanol–water partition coefficient (Wildman–Crippen LogP) is 1.67. The zero-order valence-corrected chi connectivity index (χ0v) is 16.4. The average molecular weight is 377 g/mol. The Morgan fingerprint density at radius 2 is 2.00 bits per heavy atom. The van der Waals surface area contributed by atoms with Gasteiger partial charge in [-0.25, -0.2) is 4.79 Å². The molecule has 0 bridgehead atoms. The van der Waals surface area contributed by atoms with Gasteiger partial charge in [0.05, 0.1) is 12.1 Å². The van der Waals surface area contributed by atoms with Gasteiger partial charge >= 0.3 is 6.03 Å². The van der Waals surface area contributed by atoms with Gasteiger partial charge in [-0.2, -0.15) is 4.98 Å². The maximum atomic E-state index is 12.3. The summed E-state index contributed by atoms with van der Waals surface area (Å²) in [6.07, 6.45) is 6.17. The average Bonchev–Trinajstić information content (AvgIpc) is 3.32. The highest BCUT2D eigenvalue weighted by Gasteiger charge is 2.46. The van der Waals surface area contributed by atoms with E-state index < -0.39 is 5.60 Å². The maximum Gasteiger partial charge on any atom is 0.319 e. The van der Waals surface area contributed by atoms with Crippen LogP contribution in [0, 0.1) is 5.92 Å². The summed E-state index contributed by atoms with van der Waals surface area (Å²) < 4.78 is 5.50. The number of likely N-dealkylation sites (tertiary alicyclic amines) is 2. The summed E-state index contributed by atoms with van der Waals surface area (Å²) in [7, 11) is 3.54. The topological polar surface area (TPSA) is 85.9 Å². The first-order chi connectivity index (χ1) is 12.9. The lowest BCUT2D eigenvalue weighted by Crippen LogP contribution is -2.61. The van der Waals surface area contributed by atoms with Gasteiger partial charge in [0.2, 0.25) is 5.89 Å². The number of hydrogen-bond acceptors (Lipinski definition) is 6. The molecule has 3 heterocycles. The Hall–Kier alpha value is -1.67. The molecule has 2 aliphatic heterocycles. The molecule has 0 aromatic carbocycles. The molecule has 0 radical (unpaired) electrons. The monoisotopic (exact) mass is 377 g/mol. The fourth-order valence-electron chi connectivity index (χ4n) is 4.84. The molecule has 2 saturated heterocycles. The number of nitrogens with zero attached hydrogens (tertiary/aromatic N) is 5. The second-order valence-corrected chi connectivity index (χ2v) is 8.69. The molecule has 2 atom stereocenters. The largest absolute Gasteiger partial charge is 0.389 e. The number of carbonyl (C=O) groups is 1. The van der Waals surface area contributed by atoms with Crippen LogP contribution in [-0.2, 0) is 6.54 Å². The van der Waals surface area contributed by atoms with Crippen molar-refractivity contribution in [3.05, 3.63) is 11.7 Å². The summed E-state index contributed by atoms with van der Waals surface area (Å²) in [5.41, 5.74) is -0.661. The smallest absolute Gasteiger partial charge is 0.319 e. The molecule has 1 saturated carbocycles. The Labute approximate surface area is 160 Å². The lowest BCUT2D eigenvalue weighted by Gasteiger charge is -2.50. The van der Waals surface area contributed by atoms with E-state index in [-0.39, 0.29) is 11.9 Å². The standard InChI is InChI=1S/C19H31N5O3/c1-22(2)18(25)24-10-8-19(26)7-9-23(11-15(19)12-24)13-16-20-17(27-21-16)14-5-3-4-6-14/h14-15,26H,3-13H2,1-2H3/t15-,19-/m0/s1. The molecule has 3 fully saturated rings. The molecule has 0 unspecified atom stereocenters. The van der Waals surface area contributed by atoms with Gasteiger partial charge in [0.25, 0.3) is 0 Å². The molecule has 0 spiro atoms. The summed E-state index contributed by atoms with van der Waals surface area (Å²) in [5, 5.41) is 15.2. The highest BCUT2D eigenvalue weighted by molar-refractivity contribution is 5.74. The van der Waals surface area contributed by atoms with Crippen molar-refractivity contribution in [2.45, 2.75) is 56.6 Å². The van der Waals surface area contributed by atoms with E-state index in [1.54, 1.807) is 19.0 Å². The van der Waals surface area contributed by atoms with Crippen LogP contribution in [0.5, 0.6) is 0 Å². The van der Waals surface area contributed by atoms with Crippen LogP contribution in [0.2, 0.25) is 0 Å². The molecule has 4 rings (SSSR count). The number of aromatic nitrogens is 2. The van der Waals surface area contributed by atoms with E-state index in [0.717, 1.165) is 44.1 Å². The van der Waals surface area contributed by atoms with Gasteiger partial charge in [0.15, 0.2) is 5.82 Å². The molecule has 27 heavy (non-hydrogen) atoms. The molecule has 8 heteroatoms. The van der Waals surface area contributed by atoms with E-state index in [9.17, 15) is 9.90 Å². The Morgan fingerprint density at radius 1 is 1.26 bits per heavy atom. The normalized spacial score (nSPS) is 29.7. The summed E-state index contributed by atoms with van der Waals surface area (Å²) in [4.78, 5) is 22.7. The molecule has 1 aromatic rings. The number of carbonyl (C=O) groups excluding carboxylic acids is 1. The predicted molar refractivity (Wildman–Crippen MR) is 99.1 cm³/mol. The Bertz CT molecular complexity index is 672. The highest BCUT2D eigenvalue weighted by Crippen LogP contribution is 2.36. The van der Waals surface area contributed by atoms with Gasteiger partial charge in [-0.1, -0.05) is 18.0 Å². The van der Waals surface area contributed by atoms with Gasteiger partial charge in [0, 0.05) is 52.1 Å². The third kappa shape index (κ3) is 3.82. The number of fused-ring (bicyclic) bond motifs is 1. The van der Waals surface area contributed by atoms with Gasteiger partial charge in [-0.05, 0) is 25.7 Å². The summed E-state index contributed by atoms with van der Waals surface area (Å²) in [6, 6.07) is 0.0218. The first-order valence-electron chi connectivity index (χ1n) is 10.2. The van der Waals surface area contributed by atoms with Crippen molar-refractivity contribution in [1.29, 1.82) is 0 Å². The van der Waals surface area contributed by atoms with E-state index in [1.165, 1.54) is 12.8 Å². The molecule has 150 valence electrons. The number of amides is 2. The van der Waals surface area contributed by atoms with Crippen molar-refractivity contribution >= 4 is 6.03 Å². The molecule has 3 aliphatic rings. The van der Waals surface area contributed by atoms with Gasteiger partial charge < -0.3 is 19.4 Å². The van der Waals surface area contributed by atoms with Crippen LogP contribution in [-0.4, -0.2) is 81.9 Å². The zero-order chi connectivity index (χ0) is 19.0. The number of rotatable bonds is 3. The summed E-state index contributed by atoms with van der Waals surface area (Å²) in [6.45, 7) is 3.44. The minimum Gasteiger partial charge on any atom is -0.389 e. The minimum absolute atomic E-state index is 0.0218. The van der Waals surface area contributed by atoms with E-state index >= 15 is 0 Å². The molecular formula is C19H31N5O3. The van der Waals surface area contributed by atoms with Crippen molar-refractivity contribution < 1.29 is 14.4 Å². The Morgan fingerprint density at radius 3 is 2.74 bits per heavy atom. The van der Waals surface area contributed by atoms with Gasteiger partial charge in [0.1, 0.15) is 0 Å². The van der Waals surface area contributed by atoms with E-state index in [4.69, 9.17) is 4.52 Å². The second-order valence-electron chi connectivity index (χ2n) is 8.69. The molecule has 1 aromatic heterocycles. The van der Waals surface area contributed by atoms with E-state index in [1.807, 2.05) is 4.90 Å². The summed E-state index contributed by atoms with van der Waals surface area (Å²) in [5.74, 6) is 2.02. The van der Waals surface area contributed by atoms with Crippen LogP contribution in [0.15, 0.2) is 4.52 Å². The number of piperidine rings is 2. The quantitative estimate of drug-likeness (QED) is 0.862. The van der Waals surface area contributed by atoms with Crippen LogP contribution >= 0.6 is 0 Å². The van der Waals surface area contributed by atoms with Crippen LogP contribution in [0.3, 0.4) is 0 Å². The van der Waals surface area contributed by atoms with E-state index in [2.05, 4.69) is 15.0 Å². The lowest BCUT2D eigenvalue weighted by atomic mass is 9.75. The molecular weight excluding hydrogens is 346 g/mol. The zero-order valence-electron chi connectivity index (χ0n) is 16.4. The van der Waals surface area contributed by atoms with Crippen molar-refractivity contribution in [3.63, 3.8) is 0 Å². The SMILES string of the molecule is CN(C)C(=O)N1CC[C@@]2(O)CCN(Cc3noc(C4CCCC4)n3)C[C@H]2C1. The fourth-order valence-corrected chi connectivity index (χ4v) is 4.84. The second kappa shape index (κ2) is 7.39. The third-order valence-electron chi connectivity index (χ3n) is 6.56. The Balaban J connectivity index is 1.38. The minimum atomic E-state index is -0.661. The molecule has 8 nitrogen and oxygen atoms in total. The number of aliphatic hydroxyl groups is 1. The van der Waals surface area contributed by atoms with Gasteiger partial charge in [-0.15, -0.1) is 0 Å². The molecule has 1 N–H and O–H groups in total. The Kier molecular flexibility index (Phi) is 5.11. The first kappa shape index (κ1) is 18.7. The highest BCUT2D eigenvalue weighted by atomic mass is 16.5. The van der Waals surface area contributed by atoms with Crippen molar-refractivity contribution in [3.8, 4) is 0 Å². The third-order valence-corrected chi connectivity index (χ3v) is 6.56. The van der Waals surface area contributed by atoms with Crippen molar-refractivity contribution in [1.82, 2.24) is 24.8 Å². The number of urea groups is 1. The van der Waals surface area contributed by atoms with E-state index in [0.29, 0.717) is 32.0 Å². The first-order valence-corrected chi connectivity index (χ1v) is 10.2. The van der Waals surface area contributed by atoms with Gasteiger partial charge in [-0.3, -0.25) is 4.90 Å². The molecule has 2 amide bonds. The summed E-state index contributed by atoms with van der Waals surface area (Å²) >= 11 is 0. The van der Waals surface area contributed by atoms with Crippen molar-refractivity contribution in [2.75, 3.05) is 40.3 Å². The van der Waals surface area contributed by atoms with Crippen LogP contribution in [0.25, 0.3) is 0 Å². The molecule has 1 aliphatic carbocycles. The maximum absolute atomic E-state index is 12.3. The van der Waals surface area contributed by atoms with Crippen LogP contribution in [0.4, 0.5) is 4.79 Å². The lowest BCUT2D eigenvalue weighted by molar-refractivity contribution is -0.108. The fraction of sp³-hybridized carbons (Fsp3) is 0.842. The van der Waals surface area contributed by atoms with Crippen LogP contribution in [0.1, 0.15) is 56.2 Å².